The lowest BCUT2D eigenvalue weighted by Gasteiger charge is -2.33. The van der Waals surface area contributed by atoms with Crippen molar-refractivity contribution >= 4 is 0 Å². The van der Waals surface area contributed by atoms with Crippen molar-refractivity contribution in [2.24, 2.45) is 5.73 Å². The molecule has 2 unspecified atom stereocenters. The molecule has 2 atom stereocenters. The first-order valence-electron chi connectivity index (χ1n) is 7.63. The summed E-state index contributed by atoms with van der Waals surface area (Å²) >= 11 is 0. The van der Waals surface area contributed by atoms with Crippen LogP contribution in [0.4, 0.5) is 0 Å². The SMILES string of the molecule is CCCCCN(C)C(c1ccccc1C)C(N)CC. The van der Waals surface area contributed by atoms with Gasteiger partial charge in [0.2, 0.25) is 0 Å². The van der Waals surface area contributed by atoms with Crippen molar-refractivity contribution in [2.45, 2.75) is 58.5 Å². The maximum atomic E-state index is 6.38. The molecular weight excluding hydrogens is 232 g/mol. The van der Waals surface area contributed by atoms with Crippen LogP contribution in [0.2, 0.25) is 0 Å². The molecule has 0 saturated heterocycles. The van der Waals surface area contributed by atoms with Crippen molar-refractivity contribution in [2.75, 3.05) is 13.6 Å². The Hall–Kier alpha value is -0.860. The Bertz CT molecular complexity index is 362. The molecule has 0 bridgehead atoms. The predicted molar refractivity (Wildman–Crippen MR) is 84.3 cm³/mol. The predicted octanol–water partition coefficient (Wildman–Crippen LogP) is 3.90. The molecule has 0 fully saturated rings. The highest BCUT2D eigenvalue weighted by Crippen LogP contribution is 2.26. The van der Waals surface area contributed by atoms with Gasteiger partial charge in [0.05, 0.1) is 0 Å². The first-order chi connectivity index (χ1) is 9.11. The van der Waals surface area contributed by atoms with Gasteiger partial charge in [0.1, 0.15) is 0 Å². The summed E-state index contributed by atoms with van der Waals surface area (Å²) in [5.41, 5.74) is 9.11. The second-order valence-corrected chi connectivity index (χ2v) is 5.56. The van der Waals surface area contributed by atoms with Crippen molar-refractivity contribution < 1.29 is 0 Å². The number of unbranched alkanes of at least 4 members (excludes halogenated alkanes) is 2. The highest BCUT2D eigenvalue weighted by Gasteiger charge is 2.23. The average Bonchev–Trinajstić information content (AvgIpc) is 2.41. The first-order valence-corrected chi connectivity index (χ1v) is 7.63. The first kappa shape index (κ1) is 16.2. The fourth-order valence-electron chi connectivity index (χ4n) is 2.69. The van der Waals surface area contributed by atoms with E-state index in [1.165, 1.54) is 30.4 Å². The second kappa shape index (κ2) is 8.34. The number of hydrogen-bond acceptors (Lipinski definition) is 2. The second-order valence-electron chi connectivity index (χ2n) is 5.56. The van der Waals surface area contributed by atoms with E-state index in [1.807, 2.05) is 0 Å². The maximum absolute atomic E-state index is 6.38. The zero-order valence-electron chi connectivity index (χ0n) is 13.0. The molecule has 0 aliphatic rings. The molecule has 0 heterocycles. The van der Waals surface area contributed by atoms with Gasteiger partial charge in [-0.3, -0.25) is 4.90 Å². The molecule has 1 aromatic carbocycles. The minimum absolute atomic E-state index is 0.202. The van der Waals surface area contributed by atoms with Gasteiger partial charge in [0.25, 0.3) is 0 Å². The summed E-state index contributed by atoms with van der Waals surface area (Å²) in [5.74, 6) is 0. The van der Waals surface area contributed by atoms with Crippen LogP contribution in [-0.2, 0) is 0 Å². The van der Waals surface area contributed by atoms with Crippen LogP contribution in [0.3, 0.4) is 0 Å². The molecule has 2 heteroatoms. The number of rotatable bonds is 8. The van der Waals surface area contributed by atoms with E-state index in [0.29, 0.717) is 6.04 Å². The van der Waals surface area contributed by atoms with Crippen molar-refractivity contribution in [3.05, 3.63) is 35.4 Å². The smallest absolute Gasteiger partial charge is 0.0498 e. The van der Waals surface area contributed by atoms with E-state index in [4.69, 9.17) is 5.73 Å². The fraction of sp³-hybridized carbons (Fsp3) is 0.647. The standard InChI is InChI=1S/C17H30N2/c1-5-7-10-13-19(4)17(16(18)6-2)15-12-9-8-11-14(15)3/h8-9,11-12,16-17H,5-7,10,13,18H2,1-4H3. The third-order valence-electron chi connectivity index (χ3n) is 3.97. The van der Waals surface area contributed by atoms with Crippen molar-refractivity contribution in [3.8, 4) is 0 Å². The Morgan fingerprint density at radius 1 is 1.16 bits per heavy atom. The third kappa shape index (κ3) is 4.63. The Morgan fingerprint density at radius 3 is 2.42 bits per heavy atom. The summed E-state index contributed by atoms with van der Waals surface area (Å²) in [6.45, 7) is 7.73. The number of nitrogens with two attached hydrogens (primary N) is 1. The zero-order valence-corrected chi connectivity index (χ0v) is 13.0. The molecule has 0 saturated carbocycles. The van der Waals surface area contributed by atoms with Crippen LogP contribution in [0.25, 0.3) is 0 Å². The summed E-state index contributed by atoms with van der Waals surface area (Å²) in [6.07, 6.45) is 4.83. The van der Waals surface area contributed by atoms with E-state index in [-0.39, 0.29) is 6.04 Å². The van der Waals surface area contributed by atoms with Gasteiger partial charge in [-0.25, -0.2) is 0 Å². The van der Waals surface area contributed by atoms with Crippen molar-refractivity contribution in [1.29, 1.82) is 0 Å². The lowest BCUT2D eigenvalue weighted by molar-refractivity contribution is 0.205. The van der Waals surface area contributed by atoms with Crippen LogP contribution < -0.4 is 5.73 Å². The van der Waals surface area contributed by atoms with Gasteiger partial charge in [0, 0.05) is 12.1 Å². The summed E-state index contributed by atoms with van der Waals surface area (Å²) in [7, 11) is 2.21. The molecule has 2 N–H and O–H groups in total. The molecule has 1 aromatic rings. The quantitative estimate of drug-likeness (QED) is 0.720. The Balaban J connectivity index is 2.86. The van der Waals surface area contributed by atoms with Crippen molar-refractivity contribution in [3.63, 3.8) is 0 Å². The van der Waals surface area contributed by atoms with Crippen LogP contribution in [0.5, 0.6) is 0 Å². The normalized spacial score (nSPS) is 14.6. The molecule has 108 valence electrons. The van der Waals surface area contributed by atoms with Gasteiger partial charge in [0.15, 0.2) is 0 Å². The summed E-state index contributed by atoms with van der Waals surface area (Å²) in [6, 6.07) is 9.18. The molecule has 0 amide bonds. The van der Waals surface area contributed by atoms with E-state index in [0.717, 1.165) is 13.0 Å². The van der Waals surface area contributed by atoms with E-state index < -0.39 is 0 Å². The van der Waals surface area contributed by atoms with Gasteiger partial charge in [-0.1, -0.05) is 51.0 Å². The highest BCUT2D eigenvalue weighted by molar-refractivity contribution is 5.29. The summed E-state index contributed by atoms with van der Waals surface area (Å²) in [5, 5.41) is 0. The van der Waals surface area contributed by atoms with E-state index in [9.17, 15) is 0 Å². The molecule has 2 nitrogen and oxygen atoms in total. The van der Waals surface area contributed by atoms with Gasteiger partial charge in [-0.15, -0.1) is 0 Å². The Morgan fingerprint density at radius 2 is 1.84 bits per heavy atom. The molecular formula is C17H30N2. The van der Waals surface area contributed by atoms with Gasteiger partial charge in [-0.05, 0) is 44.5 Å². The molecule has 0 aliphatic carbocycles. The van der Waals surface area contributed by atoms with Gasteiger partial charge in [-0.2, -0.15) is 0 Å². The molecule has 0 spiro atoms. The third-order valence-corrected chi connectivity index (χ3v) is 3.97. The monoisotopic (exact) mass is 262 g/mol. The Kier molecular flexibility index (Phi) is 7.11. The maximum Gasteiger partial charge on any atom is 0.0498 e. The number of benzene rings is 1. The highest BCUT2D eigenvalue weighted by atomic mass is 15.1. The number of nitrogens with zero attached hydrogens (tertiary/aromatic N) is 1. The van der Waals surface area contributed by atoms with Crippen LogP contribution in [0.1, 0.15) is 56.7 Å². The lowest BCUT2D eigenvalue weighted by atomic mass is 9.93. The minimum Gasteiger partial charge on any atom is -0.326 e. The number of likely N-dealkylation sites (N-methyl/N-ethyl adjacent to an activating group) is 1. The van der Waals surface area contributed by atoms with Gasteiger partial charge >= 0.3 is 0 Å². The molecule has 19 heavy (non-hydrogen) atoms. The largest absolute Gasteiger partial charge is 0.326 e. The summed E-state index contributed by atoms with van der Waals surface area (Å²) < 4.78 is 0. The van der Waals surface area contributed by atoms with E-state index in [1.54, 1.807) is 0 Å². The zero-order chi connectivity index (χ0) is 14.3. The topological polar surface area (TPSA) is 29.3 Å². The Labute approximate surface area is 119 Å². The summed E-state index contributed by atoms with van der Waals surface area (Å²) in [4.78, 5) is 2.44. The molecule has 1 rings (SSSR count). The van der Waals surface area contributed by atoms with E-state index >= 15 is 0 Å². The van der Waals surface area contributed by atoms with Crippen LogP contribution in [0, 0.1) is 6.92 Å². The number of hydrogen-bond donors (Lipinski definition) is 1. The van der Waals surface area contributed by atoms with Crippen molar-refractivity contribution in [1.82, 2.24) is 4.90 Å². The minimum atomic E-state index is 0.202. The molecule has 0 aliphatic heterocycles. The molecule has 0 aromatic heterocycles. The van der Waals surface area contributed by atoms with Crippen LogP contribution >= 0.6 is 0 Å². The lowest BCUT2D eigenvalue weighted by Crippen LogP contribution is -2.39. The number of aryl methyl sites for hydroxylation is 1. The van der Waals surface area contributed by atoms with E-state index in [2.05, 4.69) is 57.0 Å². The average molecular weight is 262 g/mol. The fourth-order valence-corrected chi connectivity index (χ4v) is 2.69. The molecule has 0 radical (unpaired) electrons. The van der Waals surface area contributed by atoms with Crippen LogP contribution in [-0.4, -0.2) is 24.5 Å². The van der Waals surface area contributed by atoms with Gasteiger partial charge < -0.3 is 5.73 Å². The van der Waals surface area contributed by atoms with Crippen LogP contribution in [0.15, 0.2) is 24.3 Å².